The summed E-state index contributed by atoms with van der Waals surface area (Å²) in [5, 5.41) is 11.7. The van der Waals surface area contributed by atoms with Crippen LogP contribution in [-0.2, 0) is 0 Å². The van der Waals surface area contributed by atoms with Crippen molar-refractivity contribution in [2.75, 3.05) is 0 Å². The Bertz CT molecular complexity index is 1070. The van der Waals surface area contributed by atoms with Crippen molar-refractivity contribution in [2.24, 2.45) is 0 Å². The molecule has 4 aromatic carbocycles. The van der Waals surface area contributed by atoms with E-state index in [1.54, 1.807) is 18.2 Å². The van der Waals surface area contributed by atoms with Gasteiger partial charge in [0.15, 0.2) is 0 Å². The van der Waals surface area contributed by atoms with Crippen LogP contribution < -0.4 is 0 Å². The Morgan fingerprint density at radius 3 is 1.61 bits per heavy atom. The molecule has 3 heteroatoms. The largest absolute Gasteiger partial charge is 0.384 e. The van der Waals surface area contributed by atoms with Crippen LogP contribution in [0.25, 0.3) is 22.3 Å². The van der Waals surface area contributed by atoms with Crippen molar-refractivity contribution in [1.82, 2.24) is 0 Å². The van der Waals surface area contributed by atoms with E-state index in [2.05, 4.69) is 36.4 Å². The molecule has 0 amide bonds. The Hall–Kier alpha value is -2.58. The van der Waals surface area contributed by atoms with E-state index < -0.39 is 6.10 Å². The van der Waals surface area contributed by atoms with Crippen LogP contribution in [0.3, 0.4) is 0 Å². The van der Waals surface area contributed by atoms with Crippen molar-refractivity contribution < 1.29 is 5.11 Å². The maximum absolute atomic E-state index is 10.7. The Morgan fingerprint density at radius 1 is 0.571 bits per heavy atom. The smallest absolute Gasteiger partial charge is 0.105 e. The van der Waals surface area contributed by atoms with Crippen LogP contribution in [0, 0.1) is 0 Å². The maximum Gasteiger partial charge on any atom is 0.105 e. The van der Waals surface area contributed by atoms with E-state index in [0.29, 0.717) is 15.6 Å². The highest BCUT2D eigenvalue weighted by molar-refractivity contribution is 6.35. The molecule has 1 nitrogen and oxygen atoms in total. The van der Waals surface area contributed by atoms with Crippen molar-refractivity contribution in [2.45, 2.75) is 6.10 Å². The highest BCUT2D eigenvalue weighted by Crippen LogP contribution is 2.32. The average molecular weight is 405 g/mol. The molecule has 1 atom stereocenters. The van der Waals surface area contributed by atoms with Crippen LogP contribution in [0.1, 0.15) is 17.2 Å². The second kappa shape index (κ2) is 8.20. The van der Waals surface area contributed by atoms with Crippen molar-refractivity contribution in [3.63, 3.8) is 0 Å². The normalized spacial score (nSPS) is 12.0. The van der Waals surface area contributed by atoms with Gasteiger partial charge < -0.3 is 5.11 Å². The standard InChI is InChI=1S/C25H18Cl2O/c26-22-14-15-23(24(27)16-22)25(28)21-12-10-20(11-13-21)19-8-6-18(7-9-19)17-4-2-1-3-5-17/h1-16,25,28H/t25-/m1/s1. The zero-order valence-electron chi connectivity index (χ0n) is 15.0. The van der Waals surface area contributed by atoms with Crippen LogP contribution >= 0.6 is 23.2 Å². The molecule has 0 bridgehead atoms. The fourth-order valence-electron chi connectivity index (χ4n) is 3.25. The molecule has 1 N–H and O–H groups in total. The topological polar surface area (TPSA) is 20.2 Å². The zero-order valence-corrected chi connectivity index (χ0v) is 16.5. The van der Waals surface area contributed by atoms with Gasteiger partial charge >= 0.3 is 0 Å². The molecule has 0 aliphatic rings. The molecular weight excluding hydrogens is 387 g/mol. The van der Waals surface area contributed by atoms with E-state index in [0.717, 1.165) is 16.7 Å². The van der Waals surface area contributed by atoms with Crippen molar-refractivity contribution in [1.29, 1.82) is 0 Å². The third-order valence-electron chi connectivity index (χ3n) is 4.81. The van der Waals surface area contributed by atoms with Gasteiger partial charge in [0.2, 0.25) is 0 Å². The summed E-state index contributed by atoms with van der Waals surface area (Å²) in [4.78, 5) is 0. The molecule has 28 heavy (non-hydrogen) atoms. The first-order valence-electron chi connectivity index (χ1n) is 9.00. The predicted octanol–water partition coefficient (Wildman–Crippen LogP) is 7.41. The quantitative estimate of drug-likeness (QED) is 0.375. The van der Waals surface area contributed by atoms with E-state index in [1.165, 1.54) is 11.1 Å². The van der Waals surface area contributed by atoms with Gasteiger partial charge in [0.05, 0.1) is 0 Å². The lowest BCUT2D eigenvalue weighted by Gasteiger charge is -2.14. The number of hydrogen-bond donors (Lipinski definition) is 1. The number of benzene rings is 4. The number of aliphatic hydroxyl groups excluding tert-OH is 1. The highest BCUT2D eigenvalue weighted by atomic mass is 35.5. The Balaban J connectivity index is 1.56. The lowest BCUT2D eigenvalue weighted by molar-refractivity contribution is 0.220. The third kappa shape index (κ3) is 3.98. The first kappa shape index (κ1) is 18.8. The summed E-state index contributed by atoms with van der Waals surface area (Å²) in [7, 11) is 0. The van der Waals surface area contributed by atoms with Gasteiger partial charge in [-0.3, -0.25) is 0 Å². The Morgan fingerprint density at radius 2 is 1.07 bits per heavy atom. The Kier molecular flexibility index (Phi) is 5.50. The van der Waals surface area contributed by atoms with Gasteiger partial charge in [0.25, 0.3) is 0 Å². The lowest BCUT2D eigenvalue weighted by Crippen LogP contribution is -2.00. The summed E-state index contributed by atoms with van der Waals surface area (Å²) in [6.07, 6.45) is -0.792. The van der Waals surface area contributed by atoms with E-state index in [1.807, 2.05) is 42.5 Å². The molecule has 0 unspecified atom stereocenters. The van der Waals surface area contributed by atoms with Crippen molar-refractivity contribution >= 4 is 23.2 Å². The minimum Gasteiger partial charge on any atom is -0.384 e. The molecule has 4 aromatic rings. The molecule has 0 heterocycles. The first-order chi connectivity index (χ1) is 13.6. The highest BCUT2D eigenvalue weighted by Gasteiger charge is 2.14. The number of rotatable bonds is 4. The van der Waals surface area contributed by atoms with E-state index in [4.69, 9.17) is 23.2 Å². The van der Waals surface area contributed by atoms with Gasteiger partial charge in [0, 0.05) is 15.6 Å². The summed E-state index contributed by atoms with van der Waals surface area (Å²) in [6.45, 7) is 0. The number of hydrogen-bond acceptors (Lipinski definition) is 1. The maximum atomic E-state index is 10.7. The number of halogens is 2. The van der Waals surface area contributed by atoms with Gasteiger partial charge in [-0.05, 0) is 39.9 Å². The van der Waals surface area contributed by atoms with Gasteiger partial charge in [0.1, 0.15) is 6.10 Å². The number of aliphatic hydroxyl groups is 1. The van der Waals surface area contributed by atoms with E-state index in [9.17, 15) is 5.11 Å². The summed E-state index contributed by atoms with van der Waals surface area (Å²) >= 11 is 12.2. The second-order valence-electron chi connectivity index (χ2n) is 6.63. The van der Waals surface area contributed by atoms with Crippen LogP contribution in [0.15, 0.2) is 97.1 Å². The van der Waals surface area contributed by atoms with E-state index >= 15 is 0 Å². The third-order valence-corrected chi connectivity index (χ3v) is 5.37. The summed E-state index contributed by atoms with van der Waals surface area (Å²) in [5.74, 6) is 0. The van der Waals surface area contributed by atoms with Crippen LogP contribution in [0.4, 0.5) is 0 Å². The van der Waals surface area contributed by atoms with Crippen LogP contribution in [-0.4, -0.2) is 5.11 Å². The minimum absolute atomic E-state index is 0.459. The second-order valence-corrected chi connectivity index (χ2v) is 7.48. The summed E-state index contributed by atoms with van der Waals surface area (Å²) in [6, 6.07) is 31.8. The summed E-state index contributed by atoms with van der Waals surface area (Å²) in [5.41, 5.74) is 6.05. The molecule has 0 aromatic heterocycles. The van der Waals surface area contributed by atoms with E-state index in [-0.39, 0.29) is 0 Å². The monoisotopic (exact) mass is 404 g/mol. The fraction of sp³-hybridized carbons (Fsp3) is 0.0400. The molecule has 0 aliphatic carbocycles. The van der Waals surface area contributed by atoms with Crippen molar-refractivity contribution in [3.8, 4) is 22.3 Å². The molecule has 138 valence electrons. The zero-order chi connectivity index (χ0) is 19.5. The predicted molar refractivity (Wildman–Crippen MR) is 118 cm³/mol. The molecule has 0 fully saturated rings. The van der Waals surface area contributed by atoms with Gasteiger partial charge in [-0.1, -0.05) is 108 Å². The fourth-order valence-corrected chi connectivity index (χ4v) is 3.76. The SMILES string of the molecule is O[C@H](c1ccc(-c2ccc(-c3ccccc3)cc2)cc1)c1ccc(Cl)cc1Cl. The van der Waals surface area contributed by atoms with Crippen LogP contribution in [0.5, 0.6) is 0 Å². The molecule has 0 spiro atoms. The molecule has 0 saturated heterocycles. The van der Waals surface area contributed by atoms with Crippen LogP contribution in [0.2, 0.25) is 10.0 Å². The Labute approximate surface area is 174 Å². The first-order valence-corrected chi connectivity index (χ1v) is 9.76. The van der Waals surface area contributed by atoms with Crippen molar-refractivity contribution in [3.05, 3.63) is 118 Å². The minimum atomic E-state index is -0.792. The average Bonchev–Trinajstić information content (AvgIpc) is 2.74. The molecule has 0 saturated carbocycles. The molecule has 0 aliphatic heterocycles. The molecular formula is C25H18Cl2O. The van der Waals surface area contributed by atoms with Gasteiger partial charge in [-0.2, -0.15) is 0 Å². The molecule has 0 radical (unpaired) electrons. The summed E-state index contributed by atoms with van der Waals surface area (Å²) < 4.78 is 0. The van der Waals surface area contributed by atoms with Gasteiger partial charge in [-0.15, -0.1) is 0 Å². The lowest BCUT2D eigenvalue weighted by atomic mass is 9.97. The molecule has 4 rings (SSSR count). The van der Waals surface area contributed by atoms with Gasteiger partial charge in [-0.25, -0.2) is 0 Å².